The molecule has 104 valence electrons. The molecular formula is C15H22ClN3. The summed E-state index contributed by atoms with van der Waals surface area (Å²) in [6.07, 6.45) is 2.60. The summed E-state index contributed by atoms with van der Waals surface area (Å²) < 4.78 is 0. The van der Waals surface area contributed by atoms with Crippen LogP contribution >= 0.6 is 11.6 Å². The van der Waals surface area contributed by atoms with E-state index in [1.165, 1.54) is 12.8 Å². The minimum Gasteiger partial charge on any atom is -0.384 e. The Hall–Kier alpha value is -1.06. The summed E-state index contributed by atoms with van der Waals surface area (Å²) >= 11 is 6.30. The highest BCUT2D eigenvalue weighted by molar-refractivity contribution is 6.31. The fourth-order valence-corrected chi connectivity index (χ4v) is 2.55. The quantitative estimate of drug-likeness (QED) is 0.620. The van der Waals surface area contributed by atoms with Crippen LogP contribution in [0.3, 0.4) is 0 Å². The predicted molar refractivity (Wildman–Crippen MR) is 80.7 cm³/mol. The van der Waals surface area contributed by atoms with E-state index in [1.807, 2.05) is 12.1 Å². The summed E-state index contributed by atoms with van der Waals surface area (Å²) in [5.41, 5.74) is 7.29. The van der Waals surface area contributed by atoms with Gasteiger partial charge in [-0.1, -0.05) is 37.6 Å². The molecule has 0 spiro atoms. The van der Waals surface area contributed by atoms with Crippen molar-refractivity contribution in [3.8, 4) is 0 Å². The molecule has 0 amide bonds. The molecule has 2 rings (SSSR count). The Morgan fingerprint density at radius 1 is 1.47 bits per heavy atom. The molecule has 1 fully saturated rings. The molecule has 3 N–H and O–H groups in total. The molecule has 0 saturated heterocycles. The van der Waals surface area contributed by atoms with Gasteiger partial charge >= 0.3 is 0 Å². The van der Waals surface area contributed by atoms with Gasteiger partial charge in [0.15, 0.2) is 0 Å². The summed E-state index contributed by atoms with van der Waals surface area (Å²) in [6, 6.07) is 6.39. The van der Waals surface area contributed by atoms with Crippen LogP contribution in [-0.2, 0) is 6.54 Å². The zero-order valence-electron chi connectivity index (χ0n) is 11.6. The Kier molecular flexibility index (Phi) is 4.48. The largest absolute Gasteiger partial charge is 0.384 e. The van der Waals surface area contributed by atoms with Gasteiger partial charge < -0.3 is 5.73 Å². The molecule has 1 aliphatic carbocycles. The average Bonchev–Trinajstić information content (AvgIpc) is 3.13. The van der Waals surface area contributed by atoms with Crippen LogP contribution in [0.4, 0.5) is 0 Å². The van der Waals surface area contributed by atoms with Crippen molar-refractivity contribution in [3.05, 3.63) is 34.3 Å². The number of hydrogen-bond acceptors (Lipinski definition) is 2. The Balaban J connectivity index is 2.10. The van der Waals surface area contributed by atoms with Gasteiger partial charge in [-0.05, 0) is 30.4 Å². The summed E-state index contributed by atoms with van der Waals surface area (Å²) in [5, 5.41) is 8.13. The number of amidine groups is 1. The van der Waals surface area contributed by atoms with Gasteiger partial charge in [0, 0.05) is 29.7 Å². The molecule has 1 aromatic carbocycles. The minimum absolute atomic E-state index is 0.0645. The summed E-state index contributed by atoms with van der Waals surface area (Å²) in [7, 11) is 0. The zero-order chi connectivity index (χ0) is 14.0. The van der Waals surface area contributed by atoms with Crippen LogP contribution in [0.1, 0.15) is 37.8 Å². The molecule has 3 nitrogen and oxygen atoms in total. The molecule has 1 aliphatic rings. The lowest BCUT2D eigenvalue weighted by atomic mass is 10.1. The maximum atomic E-state index is 7.42. The third-order valence-corrected chi connectivity index (χ3v) is 3.75. The Bertz CT molecular complexity index is 466. The maximum Gasteiger partial charge on any atom is 0.122 e. The number of nitrogen functional groups attached to an aromatic ring is 1. The van der Waals surface area contributed by atoms with E-state index in [-0.39, 0.29) is 5.84 Å². The first kappa shape index (κ1) is 14.4. The van der Waals surface area contributed by atoms with Crippen LogP contribution in [0.15, 0.2) is 18.2 Å². The van der Waals surface area contributed by atoms with Crippen molar-refractivity contribution in [2.75, 3.05) is 6.54 Å². The average molecular weight is 280 g/mol. The molecule has 0 aromatic heterocycles. The smallest absolute Gasteiger partial charge is 0.122 e. The van der Waals surface area contributed by atoms with Crippen LogP contribution < -0.4 is 5.73 Å². The van der Waals surface area contributed by atoms with Crippen LogP contribution in [-0.4, -0.2) is 23.3 Å². The number of rotatable bonds is 6. The van der Waals surface area contributed by atoms with Crippen molar-refractivity contribution < 1.29 is 0 Å². The van der Waals surface area contributed by atoms with Crippen molar-refractivity contribution in [1.82, 2.24) is 4.90 Å². The van der Waals surface area contributed by atoms with Crippen molar-refractivity contribution >= 4 is 17.4 Å². The molecule has 1 aromatic rings. The number of benzene rings is 1. The number of nitrogens with zero attached hydrogens (tertiary/aromatic N) is 1. The molecule has 19 heavy (non-hydrogen) atoms. The minimum atomic E-state index is 0.0645. The van der Waals surface area contributed by atoms with Crippen molar-refractivity contribution in [3.63, 3.8) is 0 Å². The van der Waals surface area contributed by atoms with E-state index in [0.29, 0.717) is 16.5 Å². The van der Waals surface area contributed by atoms with Gasteiger partial charge in [0.2, 0.25) is 0 Å². The Labute approximate surface area is 120 Å². The summed E-state index contributed by atoms with van der Waals surface area (Å²) in [5.74, 6) is 0.727. The highest BCUT2D eigenvalue weighted by atomic mass is 35.5. The molecule has 0 heterocycles. The van der Waals surface area contributed by atoms with Crippen LogP contribution in [0.2, 0.25) is 5.02 Å². The number of hydrogen-bond donors (Lipinski definition) is 2. The third kappa shape index (κ3) is 3.95. The molecule has 0 unspecified atom stereocenters. The van der Waals surface area contributed by atoms with Crippen LogP contribution in [0.5, 0.6) is 0 Å². The lowest BCUT2D eigenvalue weighted by Crippen LogP contribution is -2.29. The first-order chi connectivity index (χ1) is 8.97. The monoisotopic (exact) mass is 279 g/mol. The lowest BCUT2D eigenvalue weighted by molar-refractivity contribution is 0.226. The zero-order valence-corrected chi connectivity index (χ0v) is 12.4. The van der Waals surface area contributed by atoms with Crippen LogP contribution in [0.25, 0.3) is 0 Å². The van der Waals surface area contributed by atoms with Gasteiger partial charge in [0.1, 0.15) is 5.84 Å². The second-order valence-corrected chi connectivity index (χ2v) is 6.18. The second-order valence-electron chi connectivity index (χ2n) is 5.77. The Morgan fingerprint density at radius 2 is 2.16 bits per heavy atom. The van der Waals surface area contributed by atoms with Gasteiger partial charge in [0.25, 0.3) is 0 Å². The van der Waals surface area contributed by atoms with Crippen molar-refractivity contribution in [1.29, 1.82) is 5.41 Å². The first-order valence-corrected chi connectivity index (χ1v) is 7.22. The van der Waals surface area contributed by atoms with E-state index < -0.39 is 0 Å². The highest BCUT2D eigenvalue weighted by Crippen LogP contribution is 2.30. The maximum absolute atomic E-state index is 7.42. The third-order valence-electron chi connectivity index (χ3n) is 3.40. The van der Waals surface area contributed by atoms with Gasteiger partial charge in [-0.15, -0.1) is 0 Å². The molecule has 0 bridgehead atoms. The number of halogens is 1. The fraction of sp³-hybridized carbons (Fsp3) is 0.533. The molecule has 0 aliphatic heterocycles. The van der Waals surface area contributed by atoms with E-state index in [0.717, 1.165) is 24.7 Å². The summed E-state index contributed by atoms with van der Waals surface area (Å²) in [6.45, 7) is 6.49. The predicted octanol–water partition coefficient (Wildman–Crippen LogP) is 3.24. The molecule has 1 saturated carbocycles. The standard InChI is InChI=1S/C15H22ClN3/c1-10(2)8-19(13-5-6-13)9-12-4-3-11(15(17)18)7-14(12)16/h3-4,7,10,13H,5-6,8-9H2,1-2H3,(H3,17,18). The number of nitrogens with two attached hydrogens (primary N) is 1. The first-order valence-electron chi connectivity index (χ1n) is 6.84. The molecular weight excluding hydrogens is 258 g/mol. The fourth-order valence-electron chi connectivity index (χ4n) is 2.31. The lowest BCUT2D eigenvalue weighted by Gasteiger charge is -2.24. The van der Waals surface area contributed by atoms with E-state index in [4.69, 9.17) is 22.7 Å². The van der Waals surface area contributed by atoms with E-state index in [2.05, 4.69) is 18.7 Å². The molecule has 4 heteroatoms. The normalized spacial score (nSPS) is 15.2. The van der Waals surface area contributed by atoms with Crippen molar-refractivity contribution in [2.45, 2.75) is 39.3 Å². The Morgan fingerprint density at radius 3 is 2.63 bits per heavy atom. The number of nitrogens with one attached hydrogen (secondary N) is 1. The highest BCUT2D eigenvalue weighted by Gasteiger charge is 2.29. The van der Waals surface area contributed by atoms with E-state index in [1.54, 1.807) is 6.07 Å². The van der Waals surface area contributed by atoms with Gasteiger partial charge in [0.05, 0.1) is 0 Å². The second kappa shape index (κ2) is 5.93. The molecule has 0 radical (unpaired) electrons. The summed E-state index contributed by atoms with van der Waals surface area (Å²) in [4.78, 5) is 2.51. The van der Waals surface area contributed by atoms with Gasteiger partial charge in [-0.2, -0.15) is 0 Å². The molecule has 0 atom stereocenters. The SMILES string of the molecule is CC(C)CN(Cc1ccc(C(=N)N)cc1Cl)C1CC1. The topological polar surface area (TPSA) is 53.1 Å². The van der Waals surface area contributed by atoms with Gasteiger partial charge in [-0.3, -0.25) is 10.3 Å². The van der Waals surface area contributed by atoms with E-state index in [9.17, 15) is 0 Å². The van der Waals surface area contributed by atoms with Crippen LogP contribution in [0, 0.1) is 11.3 Å². The van der Waals surface area contributed by atoms with Crippen molar-refractivity contribution in [2.24, 2.45) is 11.7 Å². The van der Waals surface area contributed by atoms with Gasteiger partial charge in [-0.25, -0.2) is 0 Å². The van der Waals surface area contributed by atoms with E-state index >= 15 is 0 Å².